The lowest BCUT2D eigenvalue weighted by Gasteiger charge is -2.31. The number of hydrogen-bond acceptors (Lipinski definition) is 4. The second kappa shape index (κ2) is 7.56. The highest BCUT2D eigenvalue weighted by atomic mass is 16.3. The van der Waals surface area contributed by atoms with Crippen LogP contribution in [0.4, 0.5) is 0 Å². The molecule has 6 nitrogen and oxygen atoms in total. The van der Waals surface area contributed by atoms with Gasteiger partial charge in [0.05, 0.1) is 12.8 Å². The third-order valence-electron chi connectivity index (χ3n) is 5.00. The Labute approximate surface area is 152 Å². The first-order chi connectivity index (χ1) is 12.8. The van der Waals surface area contributed by atoms with Gasteiger partial charge >= 0.3 is 0 Å². The van der Waals surface area contributed by atoms with Crippen molar-refractivity contribution in [3.8, 4) is 0 Å². The fourth-order valence-electron chi connectivity index (χ4n) is 3.50. The number of aromatic nitrogens is 3. The molecule has 2 aromatic heterocycles. The van der Waals surface area contributed by atoms with Crippen molar-refractivity contribution < 1.29 is 9.21 Å². The van der Waals surface area contributed by atoms with Gasteiger partial charge in [0.15, 0.2) is 5.76 Å². The van der Waals surface area contributed by atoms with Crippen LogP contribution in [0.2, 0.25) is 0 Å². The predicted octanol–water partition coefficient (Wildman–Crippen LogP) is 3.01. The molecule has 1 aromatic carbocycles. The molecule has 1 saturated heterocycles. The predicted molar refractivity (Wildman–Crippen MR) is 96.6 cm³/mol. The Morgan fingerprint density at radius 3 is 2.65 bits per heavy atom. The van der Waals surface area contributed by atoms with Crippen molar-refractivity contribution in [2.75, 3.05) is 13.1 Å². The lowest BCUT2D eigenvalue weighted by molar-refractivity contribution is 0.0657. The number of carbonyl (C=O) groups is 1. The molecule has 0 radical (unpaired) electrons. The zero-order chi connectivity index (χ0) is 17.8. The molecule has 3 heterocycles. The van der Waals surface area contributed by atoms with Crippen LogP contribution in [0.5, 0.6) is 0 Å². The van der Waals surface area contributed by atoms with Crippen LogP contribution in [0.3, 0.4) is 0 Å². The molecule has 1 aliphatic heterocycles. The SMILES string of the molecule is O=C(c1ccco1)N1CCC(Cc2nncn2Cc2ccccc2)CC1. The van der Waals surface area contributed by atoms with E-state index in [9.17, 15) is 4.79 Å². The average Bonchev–Trinajstić information content (AvgIpc) is 3.35. The number of piperidine rings is 1. The Morgan fingerprint density at radius 2 is 1.92 bits per heavy atom. The van der Waals surface area contributed by atoms with Gasteiger partial charge in [-0.05, 0) is 36.5 Å². The number of benzene rings is 1. The maximum atomic E-state index is 12.3. The molecule has 0 N–H and O–H groups in total. The van der Waals surface area contributed by atoms with Gasteiger partial charge < -0.3 is 13.9 Å². The smallest absolute Gasteiger partial charge is 0.289 e. The van der Waals surface area contributed by atoms with E-state index in [4.69, 9.17) is 4.42 Å². The zero-order valence-corrected chi connectivity index (χ0v) is 14.6. The van der Waals surface area contributed by atoms with E-state index in [1.807, 2.05) is 23.1 Å². The molecule has 6 heteroatoms. The first-order valence-electron chi connectivity index (χ1n) is 9.03. The van der Waals surface area contributed by atoms with E-state index in [1.165, 1.54) is 5.56 Å². The van der Waals surface area contributed by atoms with Gasteiger partial charge in [-0.15, -0.1) is 10.2 Å². The number of likely N-dealkylation sites (tertiary alicyclic amines) is 1. The minimum Gasteiger partial charge on any atom is -0.459 e. The molecule has 1 fully saturated rings. The summed E-state index contributed by atoms with van der Waals surface area (Å²) in [6.45, 7) is 2.31. The van der Waals surface area contributed by atoms with Gasteiger partial charge in [0.25, 0.3) is 5.91 Å². The third kappa shape index (κ3) is 3.69. The van der Waals surface area contributed by atoms with Crippen molar-refractivity contribution in [3.63, 3.8) is 0 Å². The summed E-state index contributed by atoms with van der Waals surface area (Å²) in [5.41, 5.74) is 1.24. The Bertz CT molecular complexity index is 834. The summed E-state index contributed by atoms with van der Waals surface area (Å²) in [5.74, 6) is 1.95. The van der Waals surface area contributed by atoms with Gasteiger partial charge in [-0.2, -0.15) is 0 Å². The highest BCUT2D eigenvalue weighted by Crippen LogP contribution is 2.22. The molecule has 0 spiro atoms. The van der Waals surface area contributed by atoms with Crippen molar-refractivity contribution in [1.29, 1.82) is 0 Å². The van der Waals surface area contributed by atoms with E-state index in [0.717, 1.165) is 44.7 Å². The zero-order valence-electron chi connectivity index (χ0n) is 14.6. The maximum absolute atomic E-state index is 12.3. The van der Waals surface area contributed by atoms with Crippen LogP contribution in [0.15, 0.2) is 59.5 Å². The van der Waals surface area contributed by atoms with E-state index < -0.39 is 0 Å². The van der Waals surface area contributed by atoms with Crippen LogP contribution in [0.25, 0.3) is 0 Å². The van der Waals surface area contributed by atoms with E-state index >= 15 is 0 Å². The standard InChI is InChI=1S/C20H22N4O2/c25-20(18-7-4-12-26-18)23-10-8-16(9-11-23)13-19-22-21-15-24(19)14-17-5-2-1-3-6-17/h1-7,12,15-16H,8-11,13-14H2. The summed E-state index contributed by atoms with van der Waals surface area (Å²) >= 11 is 0. The fourth-order valence-corrected chi connectivity index (χ4v) is 3.50. The van der Waals surface area contributed by atoms with Gasteiger partial charge in [0.1, 0.15) is 12.2 Å². The van der Waals surface area contributed by atoms with Gasteiger partial charge in [-0.1, -0.05) is 30.3 Å². The minimum atomic E-state index is -0.0132. The van der Waals surface area contributed by atoms with Gasteiger partial charge in [-0.3, -0.25) is 4.79 Å². The van der Waals surface area contributed by atoms with Crippen molar-refractivity contribution >= 4 is 5.91 Å². The molecule has 134 valence electrons. The largest absolute Gasteiger partial charge is 0.459 e. The number of nitrogens with zero attached hydrogens (tertiary/aromatic N) is 4. The molecular weight excluding hydrogens is 328 g/mol. The molecule has 3 aromatic rings. The van der Waals surface area contributed by atoms with Crippen molar-refractivity contribution in [1.82, 2.24) is 19.7 Å². The number of hydrogen-bond donors (Lipinski definition) is 0. The molecule has 1 aliphatic rings. The van der Waals surface area contributed by atoms with E-state index in [0.29, 0.717) is 11.7 Å². The van der Waals surface area contributed by atoms with Crippen LogP contribution in [-0.4, -0.2) is 38.7 Å². The first-order valence-corrected chi connectivity index (χ1v) is 9.03. The fraction of sp³-hybridized carbons (Fsp3) is 0.350. The molecule has 26 heavy (non-hydrogen) atoms. The van der Waals surface area contributed by atoms with Crippen LogP contribution >= 0.6 is 0 Å². The molecule has 0 atom stereocenters. The van der Waals surface area contributed by atoms with Crippen LogP contribution in [-0.2, 0) is 13.0 Å². The summed E-state index contributed by atoms with van der Waals surface area (Å²) in [5, 5.41) is 8.42. The normalized spacial score (nSPS) is 15.3. The van der Waals surface area contributed by atoms with Crippen molar-refractivity contribution in [2.45, 2.75) is 25.8 Å². The highest BCUT2D eigenvalue weighted by Gasteiger charge is 2.26. The summed E-state index contributed by atoms with van der Waals surface area (Å²) < 4.78 is 7.34. The Hall–Kier alpha value is -2.89. The number of carbonyl (C=O) groups excluding carboxylic acids is 1. The highest BCUT2D eigenvalue weighted by molar-refractivity contribution is 5.91. The van der Waals surface area contributed by atoms with Crippen molar-refractivity contribution in [3.05, 3.63) is 72.2 Å². The first kappa shape index (κ1) is 16.6. The lowest BCUT2D eigenvalue weighted by Crippen LogP contribution is -2.38. The molecular formula is C20H22N4O2. The van der Waals surface area contributed by atoms with Gasteiger partial charge in [-0.25, -0.2) is 0 Å². The Morgan fingerprint density at radius 1 is 1.12 bits per heavy atom. The van der Waals surface area contributed by atoms with E-state index in [1.54, 1.807) is 24.7 Å². The van der Waals surface area contributed by atoms with Crippen LogP contribution in [0, 0.1) is 5.92 Å². The summed E-state index contributed by atoms with van der Waals surface area (Å²) in [7, 11) is 0. The molecule has 0 bridgehead atoms. The maximum Gasteiger partial charge on any atom is 0.289 e. The van der Waals surface area contributed by atoms with Crippen molar-refractivity contribution in [2.24, 2.45) is 5.92 Å². The molecule has 0 unspecified atom stereocenters. The third-order valence-corrected chi connectivity index (χ3v) is 5.00. The van der Waals surface area contributed by atoms with E-state index in [-0.39, 0.29) is 5.91 Å². The Balaban J connectivity index is 1.34. The molecule has 4 rings (SSSR count). The second-order valence-electron chi connectivity index (χ2n) is 6.78. The molecule has 0 saturated carbocycles. The van der Waals surface area contributed by atoms with Crippen LogP contribution < -0.4 is 0 Å². The van der Waals surface area contributed by atoms with Gasteiger partial charge in [0, 0.05) is 19.5 Å². The van der Waals surface area contributed by atoms with Gasteiger partial charge in [0.2, 0.25) is 0 Å². The number of rotatable bonds is 5. The quantitative estimate of drug-likeness (QED) is 0.709. The molecule has 0 aliphatic carbocycles. The summed E-state index contributed by atoms with van der Waals surface area (Å²) in [6.07, 6.45) is 6.20. The topological polar surface area (TPSA) is 64.2 Å². The minimum absolute atomic E-state index is 0.0132. The number of furan rings is 1. The summed E-state index contributed by atoms with van der Waals surface area (Å²) in [4.78, 5) is 14.2. The van der Waals surface area contributed by atoms with Crippen LogP contribution in [0.1, 0.15) is 34.8 Å². The second-order valence-corrected chi connectivity index (χ2v) is 6.78. The average molecular weight is 350 g/mol. The lowest BCUT2D eigenvalue weighted by atomic mass is 9.93. The monoisotopic (exact) mass is 350 g/mol. The molecule has 1 amide bonds. The Kier molecular flexibility index (Phi) is 4.82. The summed E-state index contributed by atoms with van der Waals surface area (Å²) in [6, 6.07) is 13.8. The van der Waals surface area contributed by atoms with E-state index in [2.05, 4.69) is 26.9 Å². The number of amides is 1.